The van der Waals surface area contributed by atoms with Crippen LogP contribution in [0.5, 0.6) is 0 Å². The number of carbonyl (C=O) groups is 2. The monoisotopic (exact) mass is 583 g/mol. The van der Waals surface area contributed by atoms with Gasteiger partial charge in [-0.25, -0.2) is 13.1 Å². The molecule has 0 bridgehead atoms. The van der Waals surface area contributed by atoms with Gasteiger partial charge in [0.1, 0.15) is 12.6 Å². The van der Waals surface area contributed by atoms with Crippen LogP contribution in [0, 0.1) is 11.8 Å². The van der Waals surface area contributed by atoms with E-state index < -0.39 is 45.9 Å². The van der Waals surface area contributed by atoms with Crippen molar-refractivity contribution in [1.29, 1.82) is 0 Å². The maximum atomic E-state index is 13.1. The standard InChI is InChI=1S/C28H36F3N3O5S/c1-18(2)16-24(32)27(36)39-17-25(19-6-4-3-5-7-19)33-26(35)20-8-12-22(13-9-20)34-40(37,38)23-14-10-21(11-15-23)28(29,30)31/h3-7,10-11,14-15,18,20,22,24-25,34H,8-9,12-13,16-17,32H2,1-2H3,(H,33,35)/t20?,22?,24-,25+/m0/s1. The Bertz CT molecular complexity index is 1230. The molecule has 3 rings (SSSR count). The number of hydrogen-bond acceptors (Lipinski definition) is 6. The molecular formula is C28H36F3N3O5S. The van der Waals surface area contributed by atoms with E-state index in [1.54, 1.807) is 0 Å². The summed E-state index contributed by atoms with van der Waals surface area (Å²) in [6.45, 7) is 3.83. The Morgan fingerprint density at radius 1 is 1.00 bits per heavy atom. The summed E-state index contributed by atoms with van der Waals surface area (Å²) in [6.07, 6.45) is -2.50. The molecule has 0 aromatic heterocycles. The molecule has 1 aliphatic rings. The van der Waals surface area contributed by atoms with E-state index in [1.165, 1.54) is 0 Å². The van der Waals surface area contributed by atoms with Crippen LogP contribution in [0.4, 0.5) is 13.2 Å². The first-order valence-corrected chi connectivity index (χ1v) is 14.7. The van der Waals surface area contributed by atoms with Crippen molar-refractivity contribution in [3.63, 3.8) is 0 Å². The molecule has 2 atom stereocenters. The minimum absolute atomic E-state index is 0.0807. The highest BCUT2D eigenvalue weighted by Crippen LogP contribution is 2.30. The van der Waals surface area contributed by atoms with Gasteiger partial charge in [-0.1, -0.05) is 44.2 Å². The number of esters is 1. The van der Waals surface area contributed by atoms with Gasteiger partial charge in [0.25, 0.3) is 0 Å². The maximum absolute atomic E-state index is 13.1. The summed E-state index contributed by atoms with van der Waals surface area (Å²) >= 11 is 0. The summed E-state index contributed by atoms with van der Waals surface area (Å²) in [7, 11) is -4.02. The van der Waals surface area contributed by atoms with E-state index in [0.717, 1.165) is 29.8 Å². The number of hydrogen-bond donors (Lipinski definition) is 3. The number of ether oxygens (including phenoxy) is 1. The van der Waals surface area contributed by atoms with Crippen LogP contribution in [-0.2, 0) is 30.5 Å². The number of nitrogens with two attached hydrogens (primary N) is 1. The minimum Gasteiger partial charge on any atom is -0.462 e. The molecule has 4 N–H and O–H groups in total. The number of carbonyl (C=O) groups excluding carboxylic acids is 2. The Kier molecular flexibility index (Phi) is 10.7. The fourth-order valence-electron chi connectivity index (χ4n) is 4.66. The molecule has 1 aliphatic carbocycles. The van der Waals surface area contributed by atoms with Crippen molar-refractivity contribution < 1.29 is 35.9 Å². The molecule has 40 heavy (non-hydrogen) atoms. The SMILES string of the molecule is CC(C)C[C@H](N)C(=O)OC[C@@H](NC(=O)C1CCC(NS(=O)(=O)c2ccc(C(F)(F)F)cc2)CC1)c1ccccc1. The van der Waals surface area contributed by atoms with Crippen LogP contribution >= 0.6 is 0 Å². The molecule has 2 aromatic rings. The summed E-state index contributed by atoms with van der Waals surface area (Å²) < 4.78 is 71.7. The average Bonchev–Trinajstić information content (AvgIpc) is 2.90. The van der Waals surface area contributed by atoms with Gasteiger partial charge >= 0.3 is 12.1 Å². The summed E-state index contributed by atoms with van der Waals surface area (Å²) in [4.78, 5) is 25.2. The Morgan fingerprint density at radius 3 is 2.15 bits per heavy atom. The second-order valence-corrected chi connectivity index (χ2v) is 12.2. The first-order chi connectivity index (χ1) is 18.8. The van der Waals surface area contributed by atoms with Gasteiger partial charge in [0.05, 0.1) is 16.5 Å². The highest BCUT2D eigenvalue weighted by atomic mass is 32.2. The molecule has 0 unspecified atom stereocenters. The van der Waals surface area contributed by atoms with Gasteiger partial charge < -0.3 is 15.8 Å². The molecule has 0 aliphatic heterocycles. The normalized spacial score (nSPS) is 19.6. The van der Waals surface area contributed by atoms with Crippen molar-refractivity contribution in [1.82, 2.24) is 10.0 Å². The molecule has 1 amide bonds. The minimum atomic E-state index is -4.56. The summed E-state index contributed by atoms with van der Waals surface area (Å²) in [5.41, 5.74) is 5.76. The predicted molar refractivity (Wildman–Crippen MR) is 143 cm³/mol. The topological polar surface area (TPSA) is 128 Å². The fourth-order valence-corrected chi connectivity index (χ4v) is 5.96. The van der Waals surface area contributed by atoms with E-state index in [2.05, 4.69) is 10.0 Å². The lowest BCUT2D eigenvalue weighted by atomic mass is 9.85. The third-order valence-corrected chi connectivity index (χ3v) is 8.39. The van der Waals surface area contributed by atoms with Crippen LogP contribution in [0.2, 0.25) is 0 Å². The van der Waals surface area contributed by atoms with Gasteiger partial charge in [-0.3, -0.25) is 9.59 Å². The quantitative estimate of drug-likeness (QED) is 0.338. The number of halogens is 3. The maximum Gasteiger partial charge on any atom is 0.416 e. The zero-order chi connectivity index (χ0) is 29.5. The van der Waals surface area contributed by atoms with Gasteiger partial charge in [0.2, 0.25) is 15.9 Å². The van der Waals surface area contributed by atoms with Gasteiger partial charge in [0, 0.05) is 12.0 Å². The Labute approximate surface area is 232 Å². The van der Waals surface area contributed by atoms with Crippen molar-refractivity contribution in [3.05, 3.63) is 65.7 Å². The highest BCUT2D eigenvalue weighted by molar-refractivity contribution is 7.89. The molecule has 0 saturated heterocycles. The molecule has 0 radical (unpaired) electrons. The van der Waals surface area contributed by atoms with Gasteiger partial charge in [-0.15, -0.1) is 0 Å². The van der Waals surface area contributed by atoms with Gasteiger partial charge in [-0.05, 0) is 67.9 Å². The van der Waals surface area contributed by atoms with Gasteiger partial charge in [0.15, 0.2) is 0 Å². The van der Waals surface area contributed by atoms with Crippen LogP contribution in [0.1, 0.15) is 63.1 Å². The Morgan fingerprint density at radius 2 is 1.60 bits per heavy atom. The second kappa shape index (κ2) is 13.6. The Hall–Kier alpha value is -2.96. The van der Waals surface area contributed by atoms with Crippen molar-refractivity contribution in [2.24, 2.45) is 17.6 Å². The fraction of sp³-hybridized carbons (Fsp3) is 0.500. The molecule has 12 heteroatoms. The predicted octanol–water partition coefficient (Wildman–Crippen LogP) is 4.32. The van der Waals surface area contributed by atoms with E-state index in [4.69, 9.17) is 10.5 Å². The molecule has 8 nitrogen and oxygen atoms in total. The number of sulfonamides is 1. The number of benzene rings is 2. The third kappa shape index (κ3) is 9.03. The molecule has 1 fully saturated rings. The van der Waals surface area contributed by atoms with Crippen molar-refractivity contribution in [2.75, 3.05) is 6.61 Å². The molecule has 0 heterocycles. The number of rotatable bonds is 11. The summed E-state index contributed by atoms with van der Waals surface area (Å²) in [6, 6.07) is 10.6. The third-order valence-electron chi connectivity index (χ3n) is 6.85. The van der Waals surface area contributed by atoms with Crippen LogP contribution < -0.4 is 15.8 Å². The lowest BCUT2D eigenvalue weighted by Crippen LogP contribution is -2.42. The summed E-state index contributed by atoms with van der Waals surface area (Å²) in [5.74, 6) is -0.927. The lowest BCUT2D eigenvalue weighted by molar-refractivity contribution is -0.147. The molecular weight excluding hydrogens is 547 g/mol. The first-order valence-electron chi connectivity index (χ1n) is 13.2. The van der Waals surface area contributed by atoms with E-state index in [0.29, 0.717) is 32.1 Å². The van der Waals surface area contributed by atoms with Crippen LogP contribution in [0.3, 0.4) is 0 Å². The van der Waals surface area contributed by atoms with Crippen molar-refractivity contribution >= 4 is 21.9 Å². The highest BCUT2D eigenvalue weighted by Gasteiger charge is 2.33. The summed E-state index contributed by atoms with van der Waals surface area (Å²) in [5, 5.41) is 2.96. The van der Waals surface area contributed by atoms with Crippen LogP contribution in [0.15, 0.2) is 59.5 Å². The van der Waals surface area contributed by atoms with Gasteiger partial charge in [-0.2, -0.15) is 13.2 Å². The Balaban J connectivity index is 1.56. The van der Waals surface area contributed by atoms with Crippen LogP contribution in [0.25, 0.3) is 0 Å². The average molecular weight is 584 g/mol. The zero-order valence-corrected chi connectivity index (χ0v) is 23.3. The zero-order valence-electron chi connectivity index (χ0n) is 22.5. The van der Waals surface area contributed by atoms with E-state index in [9.17, 15) is 31.2 Å². The number of amides is 1. The van der Waals surface area contributed by atoms with E-state index >= 15 is 0 Å². The largest absolute Gasteiger partial charge is 0.462 e. The van der Waals surface area contributed by atoms with Crippen LogP contribution in [-0.4, -0.2) is 39.0 Å². The van der Waals surface area contributed by atoms with E-state index in [-0.39, 0.29) is 29.2 Å². The first kappa shape index (κ1) is 31.6. The second-order valence-electron chi connectivity index (χ2n) is 10.5. The smallest absolute Gasteiger partial charge is 0.416 e. The van der Waals surface area contributed by atoms with Crippen molar-refractivity contribution in [3.8, 4) is 0 Å². The molecule has 1 saturated carbocycles. The molecule has 0 spiro atoms. The molecule has 2 aromatic carbocycles. The number of alkyl halides is 3. The van der Waals surface area contributed by atoms with Crippen molar-refractivity contribution in [2.45, 2.75) is 75.1 Å². The molecule has 220 valence electrons. The van der Waals surface area contributed by atoms with E-state index in [1.807, 2.05) is 44.2 Å². The number of nitrogens with one attached hydrogen (secondary N) is 2. The lowest BCUT2D eigenvalue weighted by Gasteiger charge is -2.30.